The van der Waals surface area contributed by atoms with Crippen LogP contribution in [0.25, 0.3) is 11.1 Å². The molecule has 0 aromatic heterocycles. The van der Waals surface area contributed by atoms with E-state index in [2.05, 4.69) is 33.5 Å². The Hall–Kier alpha value is -6.57. The summed E-state index contributed by atoms with van der Waals surface area (Å²) in [6, 6.07) is 13.3. The molecule has 3 heterocycles. The van der Waals surface area contributed by atoms with E-state index in [1.54, 1.807) is 36.4 Å². The summed E-state index contributed by atoms with van der Waals surface area (Å²) in [5.41, 5.74) is 15.0. The van der Waals surface area contributed by atoms with Gasteiger partial charge in [-0.25, -0.2) is 0 Å². The molecule has 3 saturated heterocycles. The molecule has 11 N–H and O–H groups in total. The number of nitrogens with one attached hydrogen (secondary N) is 5. The van der Waals surface area contributed by atoms with E-state index in [0.717, 1.165) is 35.3 Å². The molecule has 3 fully saturated rings. The van der Waals surface area contributed by atoms with E-state index < -0.39 is 89.7 Å². The second kappa shape index (κ2) is 28.9. The normalized spacial score (nSPS) is 23.7. The van der Waals surface area contributed by atoms with Gasteiger partial charge >= 0.3 is 0 Å². The number of aliphatic hydroxyl groups excluding tert-OH is 1. The van der Waals surface area contributed by atoms with Gasteiger partial charge in [-0.1, -0.05) is 75.4 Å². The van der Waals surface area contributed by atoms with Gasteiger partial charge in [0, 0.05) is 31.2 Å². The summed E-state index contributed by atoms with van der Waals surface area (Å²) in [5, 5.41) is 35.0. The molecule has 19 heteroatoms. The molecule has 75 heavy (non-hydrogen) atoms. The predicted molar refractivity (Wildman–Crippen MR) is 284 cm³/mol. The monoisotopic (exact) mass is 1040 g/mol. The number of nitrogens with zero attached hydrogens (tertiary/aromatic N) is 2. The van der Waals surface area contributed by atoms with Gasteiger partial charge in [-0.15, -0.1) is 0 Å². The molecule has 7 amide bonds. The number of aryl methyl sites for hydroxylation is 1. The van der Waals surface area contributed by atoms with E-state index in [1.165, 1.54) is 54.5 Å². The molecule has 3 aromatic carbocycles. The number of amides is 7. The van der Waals surface area contributed by atoms with Crippen molar-refractivity contribution >= 4 is 41.4 Å². The number of ether oxygens (including phenoxy) is 1. The van der Waals surface area contributed by atoms with Crippen molar-refractivity contribution in [1.29, 1.82) is 0 Å². The summed E-state index contributed by atoms with van der Waals surface area (Å²) in [4.78, 5) is 102. The lowest BCUT2D eigenvalue weighted by molar-refractivity contribution is -0.144. The number of aromatic hydroxyl groups is 1. The average molecular weight is 1040 g/mol. The fourth-order valence-electron chi connectivity index (χ4n) is 9.99. The molecule has 19 nitrogen and oxygen atoms in total. The molecule has 3 aliphatic rings. The van der Waals surface area contributed by atoms with Crippen molar-refractivity contribution in [3.05, 3.63) is 83.9 Å². The van der Waals surface area contributed by atoms with Crippen LogP contribution in [-0.4, -0.2) is 143 Å². The lowest BCUT2D eigenvalue weighted by Gasteiger charge is -2.32. The van der Waals surface area contributed by atoms with Gasteiger partial charge in [0.1, 0.15) is 47.8 Å². The predicted octanol–water partition coefficient (Wildman–Crippen LogP) is 3.32. The minimum Gasteiger partial charge on any atom is -0.508 e. The van der Waals surface area contributed by atoms with Gasteiger partial charge in [-0.05, 0) is 137 Å². The van der Waals surface area contributed by atoms with Crippen LogP contribution in [0.1, 0.15) is 126 Å². The topological polar surface area (TPSA) is 288 Å². The zero-order chi connectivity index (χ0) is 53.9. The summed E-state index contributed by atoms with van der Waals surface area (Å²) in [5.74, 6) is -3.58. The second-order valence-corrected chi connectivity index (χ2v) is 20.2. The number of phenolic OH excluding ortho intramolecular Hbond substituents is 1. The summed E-state index contributed by atoms with van der Waals surface area (Å²) in [7, 11) is 0. The number of carbonyl (C=O) groups excluding carboxylic acids is 7. The van der Waals surface area contributed by atoms with Crippen molar-refractivity contribution in [3.63, 3.8) is 0 Å². The second-order valence-electron chi connectivity index (χ2n) is 20.2. The van der Waals surface area contributed by atoms with Crippen LogP contribution < -0.4 is 42.8 Å². The maximum absolute atomic E-state index is 14.5. The molecule has 0 radical (unpaired) electrons. The molecule has 3 aliphatic heterocycles. The third kappa shape index (κ3) is 16.7. The third-order valence-corrected chi connectivity index (χ3v) is 14.3. The van der Waals surface area contributed by atoms with Crippen LogP contribution in [0.15, 0.2) is 72.8 Å². The van der Waals surface area contributed by atoms with E-state index in [0.29, 0.717) is 32.4 Å². The lowest BCUT2D eigenvalue weighted by Crippen LogP contribution is -2.61. The van der Waals surface area contributed by atoms with Crippen LogP contribution in [-0.2, 0) is 35.2 Å². The highest BCUT2D eigenvalue weighted by molar-refractivity contribution is 6.00. The summed E-state index contributed by atoms with van der Waals surface area (Å²) in [6.45, 7) is 4.73. The van der Waals surface area contributed by atoms with Gasteiger partial charge in [-0.3, -0.25) is 33.6 Å². The zero-order valence-corrected chi connectivity index (χ0v) is 43.6. The summed E-state index contributed by atoms with van der Waals surface area (Å²) in [6.07, 6.45) is 8.12. The van der Waals surface area contributed by atoms with Crippen LogP contribution in [0.5, 0.6) is 11.5 Å². The quantitative estimate of drug-likeness (QED) is 0.0783. The molecule has 0 saturated carbocycles. The van der Waals surface area contributed by atoms with Gasteiger partial charge in [0.25, 0.3) is 5.91 Å². The van der Waals surface area contributed by atoms with E-state index >= 15 is 0 Å². The van der Waals surface area contributed by atoms with Crippen molar-refractivity contribution in [2.45, 2.75) is 165 Å². The Morgan fingerprint density at radius 2 is 1.41 bits per heavy atom. The minimum absolute atomic E-state index is 0.00765. The highest BCUT2D eigenvalue weighted by Crippen LogP contribution is 2.25. The molecule has 0 bridgehead atoms. The SMILES string of the molecule is CCCCCCCCOc1ccc(-c2ccc(C(=O)N[C@H]3CCCNC(=O)[C@@H]4C[C@H](N)CN4C(=O)[C@H](CCCCN)NC(=O)[C@H](CCc4ccc(O)cc4)NC(=O)[C@@H]4CCCN4C(=O)[C@H]([C@@H](C)O)NC3=O)cc2)cc1. The Morgan fingerprint density at radius 3 is 2.11 bits per heavy atom. The molecular weight excluding hydrogens is 959 g/mol. The lowest BCUT2D eigenvalue weighted by atomic mass is 10.0. The van der Waals surface area contributed by atoms with Crippen LogP contribution in [0.2, 0.25) is 0 Å². The Labute approximate surface area is 440 Å². The number of nitrogens with two attached hydrogens (primary N) is 2. The Bertz CT molecular complexity index is 2370. The number of hydrogen-bond acceptors (Lipinski definition) is 12. The average Bonchev–Trinajstić information content (AvgIpc) is 4.07. The first-order valence-electron chi connectivity index (χ1n) is 27.0. The van der Waals surface area contributed by atoms with Crippen molar-refractivity contribution < 1.29 is 48.5 Å². The first-order chi connectivity index (χ1) is 36.2. The minimum atomic E-state index is -1.53. The van der Waals surface area contributed by atoms with E-state index in [1.807, 2.05) is 24.3 Å². The smallest absolute Gasteiger partial charge is 0.251 e. The number of rotatable bonds is 19. The van der Waals surface area contributed by atoms with Gasteiger partial charge < -0.3 is 62.8 Å². The zero-order valence-electron chi connectivity index (χ0n) is 43.6. The van der Waals surface area contributed by atoms with Gasteiger partial charge in [0.2, 0.25) is 35.4 Å². The number of aliphatic hydroxyl groups is 1. The maximum Gasteiger partial charge on any atom is 0.251 e. The molecule has 0 spiro atoms. The number of carbonyl (C=O) groups is 7. The Balaban J connectivity index is 1.22. The maximum atomic E-state index is 14.5. The Morgan fingerprint density at radius 1 is 0.733 bits per heavy atom. The van der Waals surface area contributed by atoms with E-state index in [-0.39, 0.29) is 75.9 Å². The largest absolute Gasteiger partial charge is 0.508 e. The summed E-state index contributed by atoms with van der Waals surface area (Å²) < 4.78 is 5.95. The van der Waals surface area contributed by atoms with Gasteiger partial charge in [0.05, 0.1) is 12.7 Å². The molecule has 0 aliphatic carbocycles. The molecule has 6 rings (SSSR count). The van der Waals surface area contributed by atoms with Gasteiger partial charge in [-0.2, -0.15) is 0 Å². The molecular formula is C56H79N9O10. The molecule has 3 aromatic rings. The van der Waals surface area contributed by atoms with Crippen LogP contribution in [0.4, 0.5) is 0 Å². The van der Waals surface area contributed by atoms with Crippen LogP contribution >= 0.6 is 0 Å². The third-order valence-electron chi connectivity index (χ3n) is 14.3. The van der Waals surface area contributed by atoms with Crippen molar-refractivity contribution in [1.82, 2.24) is 36.4 Å². The fraction of sp³-hybridized carbons (Fsp3) is 0.554. The first kappa shape index (κ1) is 57.7. The molecule has 8 atom stereocenters. The van der Waals surface area contributed by atoms with Crippen LogP contribution in [0.3, 0.4) is 0 Å². The highest BCUT2D eigenvalue weighted by atomic mass is 16.5. The Kier molecular flexibility index (Phi) is 22.3. The number of hydrogen-bond donors (Lipinski definition) is 9. The first-order valence-corrected chi connectivity index (χ1v) is 27.0. The number of phenols is 1. The van der Waals surface area contributed by atoms with E-state index in [9.17, 15) is 43.8 Å². The number of benzene rings is 3. The van der Waals surface area contributed by atoms with Crippen molar-refractivity contribution in [2.24, 2.45) is 11.5 Å². The van der Waals surface area contributed by atoms with Crippen molar-refractivity contribution in [3.8, 4) is 22.6 Å². The number of unbranched alkanes of at least 4 members (excludes halogenated alkanes) is 6. The van der Waals surface area contributed by atoms with Crippen LogP contribution in [0, 0.1) is 0 Å². The molecule has 0 unspecified atom stereocenters. The molecule has 408 valence electrons. The summed E-state index contributed by atoms with van der Waals surface area (Å²) >= 11 is 0. The highest BCUT2D eigenvalue weighted by Gasteiger charge is 2.43. The fourth-order valence-corrected chi connectivity index (χ4v) is 9.99. The number of fused-ring (bicyclic) bond motifs is 2. The van der Waals surface area contributed by atoms with Crippen molar-refractivity contribution in [2.75, 3.05) is 32.8 Å². The van der Waals surface area contributed by atoms with E-state index in [4.69, 9.17) is 16.2 Å². The van der Waals surface area contributed by atoms with Gasteiger partial charge in [0.15, 0.2) is 0 Å². The standard InChI is InChI=1S/C56H79N9O10/c1-3-4-5-6-7-10-33-75-43-27-23-39(24-28-43)38-19-21-40(22-20-38)50(68)60-44-14-11-31-59-53(71)48-34-41(58)35-65(48)55(73)46(13-8-9-30-57)62-51(69)45(29-18-37-16-25-42(67)26-17-37)61-54(72)47-15-12-32-64(47)56(74)49(36(2)66)63-52(44)70/h16-17,19-28,36,41,44-49,66-67H,3-15,18,29-35,57-58H2,1-2H3,(H,59,71)(H,60,68)(H,61,72)(H,62,69)(H,63,70)/t36-,41+,44+,45+,46+,47+,48+,49+/m1/s1.